The van der Waals surface area contributed by atoms with Crippen molar-refractivity contribution in [2.75, 3.05) is 17.2 Å². The average molecular weight is 214 g/mol. The first-order valence-corrected chi connectivity index (χ1v) is 5.58. The molecule has 0 fully saturated rings. The summed E-state index contributed by atoms with van der Waals surface area (Å²) in [5.74, 6) is 0.272. The molecule has 1 aromatic carbocycles. The third-order valence-corrected chi connectivity index (χ3v) is 2.57. The van der Waals surface area contributed by atoms with Gasteiger partial charge in [0.2, 0.25) is 0 Å². The van der Waals surface area contributed by atoms with Gasteiger partial charge in [-0.3, -0.25) is 0 Å². The molecule has 5 N–H and O–H groups in total. The lowest BCUT2D eigenvalue weighted by atomic mass is 10.1. The molecular formula is C9H14N2O2S. The van der Waals surface area contributed by atoms with Crippen molar-refractivity contribution in [2.24, 2.45) is 0 Å². The summed E-state index contributed by atoms with van der Waals surface area (Å²) in [6, 6.07) is 5.29. The maximum atomic E-state index is 10.4. The molecule has 0 aliphatic rings. The zero-order valence-corrected chi connectivity index (χ0v) is 8.59. The molecule has 4 nitrogen and oxygen atoms in total. The number of rotatable bonds is 4. The van der Waals surface area contributed by atoms with Gasteiger partial charge in [-0.2, -0.15) is 0 Å². The van der Waals surface area contributed by atoms with E-state index in [0.29, 0.717) is 24.2 Å². The third kappa shape index (κ3) is 3.35. The van der Waals surface area contributed by atoms with Crippen molar-refractivity contribution >= 4 is 22.5 Å². The molecule has 0 heterocycles. The van der Waals surface area contributed by atoms with Gasteiger partial charge in [0.25, 0.3) is 0 Å². The molecule has 0 bridgehead atoms. The van der Waals surface area contributed by atoms with Gasteiger partial charge in [-0.05, 0) is 36.6 Å². The van der Waals surface area contributed by atoms with Gasteiger partial charge in [0.05, 0.1) is 0 Å². The van der Waals surface area contributed by atoms with E-state index in [1.165, 1.54) is 0 Å². The van der Waals surface area contributed by atoms with E-state index in [1.807, 2.05) is 0 Å². The van der Waals surface area contributed by atoms with E-state index in [-0.39, 0.29) is 5.75 Å². The van der Waals surface area contributed by atoms with Crippen molar-refractivity contribution in [3.05, 3.63) is 23.8 Å². The van der Waals surface area contributed by atoms with Crippen molar-refractivity contribution in [3.63, 3.8) is 0 Å². The van der Waals surface area contributed by atoms with Crippen molar-refractivity contribution in [1.82, 2.24) is 0 Å². The van der Waals surface area contributed by atoms with E-state index < -0.39 is 11.1 Å². The van der Waals surface area contributed by atoms with Crippen LogP contribution in [0.4, 0.5) is 11.4 Å². The molecule has 0 radical (unpaired) electrons. The largest absolute Gasteiger partial charge is 0.399 e. The highest BCUT2D eigenvalue weighted by atomic mass is 32.2. The monoisotopic (exact) mass is 214 g/mol. The fraction of sp³-hybridized carbons (Fsp3) is 0.333. The molecule has 1 aromatic rings. The highest BCUT2D eigenvalue weighted by Crippen LogP contribution is 2.17. The molecule has 0 spiro atoms. The van der Waals surface area contributed by atoms with Gasteiger partial charge < -0.3 is 16.0 Å². The van der Waals surface area contributed by atoms with Crippen LogP contribution in [-0.2, 0) is 17.5 Å². The Bertz CT molecular complexity index is 342. The number of nitrogen functional groups attached to an aromatic ring is 2. The average Bonchev–Trinajstić information content (AvgIpc) is 2.10. The molecule has 1 unspecified atom stereocenters. The highest BCUT2D eigenvalue weighted by Gasteiger charge is 2.01. The zero-order valence-electron chi connectivity index (χ0n) is 7.77. The molecule has 1 rings (SSSR count). The van der Waals surface area contributed by atoms with Crippen LogP contribution >= 0.6 is 0 Å². The van der Waals surface area contributed by atoms with Gasteiger partial charge in [0.1, 0.15) is 0 Å². The van der Waals surface area contributed by atoms with Crippen LogP contribution in [0.2, 0.25) is 0 Å². The van der Waals surface area contributed by atoms with Gasteiger partial charge in [0, 0.05) is 17.1 Å². The predicted octanol–water partition coefficient (Wildman–Crippen LogP) is 1.01. The SMILES string of the molecule is Nc1ccc(N)c(CCCS(=O)O)c1. The van der Waals surface area contributed by atoms with E-state index in [1.54, 1.807) is 18.2 Å². The van der Waals surface area contributed by atoms with Crippen LogP contribution in [0.1, 0.15) is 12.0 Å². The standard InChI is InChI=1S/C9H14N2O2S/c10-8-3-4-9(11)7(6-8)2-1-5-14(12)13/h3-4,6H,1-2,5,10-11H2,(H,12,13). The molecule has 14 heavy (non-hydrogen) atoms. The second-order valence-electron chi connectivity index (χ2n) is 3.09. The van der Waals surface area contributed by atoms with Crippen molar-refractivity contribution in [3.8, 4) is 0 Å². The van der Waals surface area contributed by atoms with Crippen LogP contribution in [0.15, 0.2) is 18.2 Å². The van der Waals surface area contributed by atoms with E-state index in [2.05, 4.69) is 0 Å². The predicted molar refractivity (Wildman–Crippen MR) is 59.2 cm³/mol. The molecule has 78 valence electrons. The quantitative estimate of drug-likeness (QED) is 0.515. The maximum Gasteiger partial charge on any atom is 0.152 e. The second kappa shape index (κ2) is 4.97. The molecule has 0 amide bonds. The smallest absolute Gasteiger partial charge is 0.152 e. The van der Waals surface area contributed by atoms with Gasteiger partial charge in [-0.1, -0.05) is 0 Å². The Morgan fingerprint density at radius 3 is 2.71 bits per heavy atom. The van der Waals surface area contributed by atoms with Gasteiger partial charge in [0.15, 0.2) is 11.1 Å². The van der Waals surface area contributed by atoms with E-state index in [0.717, 1.165) is 5.56 Å². The maximum absolute atomic E-state index is 10.4. The molecular weight excluding hydrogens is 200 g/mol. The first-order valence-electron chi connectivity index (χ1n) is 4.31. The fourth-order valence-corrected chi connectivity index (χ4v) is 1.62. The molecule has 0 saturated carbocycles. The summed E-state index contributed by atoms with van der Waals surface area (Å²) in [5, 5.41) is 0. The number of nitrogens with two attached hydrogens (primary N) is 2. The Kier molecular flexibility index (Phi) is 3.91. The minimum atomic E-state index is -1.72. The fourth-order valence-electron chi connectivity index (χ4n) is 1.23. The Morgan fingerprint density at radius 2 is 2.07 bits per heavy atom. The van der Waals surface area contributed by atoms with Crippen molar-refractivity contribution < 1.29 is 8.76 Å². The lowest BCUT2D eigenvalue weighted by Crippen LogP contribution is -2.00. The van der Waals surface area contributed by atoms with E-state index in [9.17, 15) is 4.21 Å². The first-order chi connectivity index (χ1) is 6.59. The van der Waals surface area contributed by atoms with E-state index in [4.69, 9.17) is 16.0 Å². The summed E-state index contributed by atoms with van der Waals surface area (Å²) in [4.78, 5) is 0. The zero-order chi connectivity index (χ0) is 10.6. The summed E-state index contributed by atoms with van der Waals surface area (Å²) in [6.07, 6.45) is 1.32. The summed E-state index contributed by atoms with van der Waals surface area (Å²) >= 11 is -1.72. The van der Waals surface area contributed by atoms with Crippen LogP contribution < -0.4 is 11.5 Å². The number of hydrogen-bond donors (Lipinski definition) is 3. The topological polar surface area (TPSA) is 89.3 Å². The van der Waals surface area contributed by atoms with Gasteiger partial charge in [-0.25, -0.2) is 4.21 Å². The lowest BCUT2D eigenvalue weighted by molar-refractivity contribution is 0.561. The molecule has 0 aliphatic heterocycles. The molecule has 1 atom stereocenters. The van der Waals surface area contributed by atoms with Crippen LogP contribution in [-0.4, -0.2) is 14.5 Å². The molecule has 0 aromatic heterocycles. The van der Waals surface area contributed by atoms with Crippen LogP contribution in [0.5, 0.6) is 0 Å². The molecule has 5 heteroatoms. The Balaban J connectivity index is 2.57. The van der Waals surface area contributed by atoms with Crippen molar-refractivity contribution in [2.45, 2.75) is 12.8 Å². The minimum absolute atomic E-state index is 0.272. The minimum Gasteiger partial charge on any atom is -0.399 e. The summed E-state index contributed by atoms with van der Waals surface area (Å²) in [6.45, 7) is 0. The number of aryl methyl sites for hydroxylation is 1. The summed E-state index contributed by atoms with van der Waals surface area (Å²) in [7, 11) is 0. The van der Waals surface area contributed by atoms with Crippen LogP contribution in [0, 0.1) is 0 Å². The highest BCUT2D eigenvalue weighted by molar-refractivity contribution is 7.79. The normalized spacial score (nSPS) is 12.6. The molecule has 0 aliphatic carbocycles. The Morgan fingerprint density at radius 1 is 1.36 bits per heavy atom. The van der Waals surface area contributed by atoms with Crippen LogP contribution in [0.3, 0.4) is 0 Å². The first kappa shape index (κ1) is 11.0. The van der Waals surface area contributed by atoms with Gasteiger partial charge in [-0.15, -0.1) is 0 Å². The van der Waals surface area contributed by atoms with Crippen LogP contribution in [0.25, 0.3) is 0 Å². The summed E-state index contributed by atoms with van der Waals surface area (Å²) < 4.78 is 19.0. The summed E-state index contributed by atoms with van der Waals surface area (Å²) in [5.41, 5.74) is 13.6. The molecule has 0 saturated heterocycles. The number of benzene rings is 1. The Labute approximate surface area is 85.6 Å². The van der Waals surface area contributed by atoms with E-state index >= 15 is 0 Å². The number of anilines is 2. The number of hydrogen-bond acceptors (Lipinski definition) is 3. The Hall–Kier alpha value is -1.07. The van der Waals surface area contributed by atoms with Gasteiger partial charge >= 0.3 is 0 Å². The third-order valence-electron chi connectivity index (χ3n) is 1.93. The van der Waals surface area contributed by atoms with Crippen molar-refractivity contribution in [1.29, 1.82) is 0 Å². The lowest BCUT2D eigenvalue weighted by Gasteiger charge is -2.05. The second-order valence-corrected chi connectivity index (χ2v) is 4.14.